The van der Waals surface area contributed by atoms with Crippen molar-refractivity contribution in [3.05, 3.63) is 21.7 Å². The van der Waals surface area contributed by atoms with Gasteiger partial charge in [-0.25, -0.2) is 0 Å². The SMILES string of the molecule is COc1cc(Br)c(OC)c2c1C(C)CCC2=O. The number of hydrogen-bond donors (Lipinski definition) is 0. The molecule has 1 aliphatic rings. The van der Waals surface area contributed by atoms with Crippen LogP contribution in [0.3, 0.4) is 0 Å². The van der Waals surface area contributed by atoms with E-state index in [1.165, 1.54) is 0 Å². The topological polar surface area (TPSA) is 35.5 Å². The van der Waals surface area contributed by atoms with E-state index < -0.39 is 0 Å². The van der Waals surface area contributed by atoms with Gasteiger partial charge in [-0.15, -0.1) is 0 Å². The Morgan fingerprint density at radius 2 is 2.06 bits per heavy atom. The standard InChI is InChI=1S/C13H15BrO3/c1-7-4-5-9(15)12-11(7)10(16-2)6-8(14)13(12)17-3/h6-7H,4-5H2,1-3H3. The van der Waals surface area contributed by atoms with Gasteiger partial charge in [0, 0.05) is 12.0 Å². The molecular weight excluding hydrogens is 284 g/mol. The molecular formula is C13H15BrO3. The highest BCUT2D eigenvalue weighted by atomic mass is 79.9. The summed E-state index contributed by atoms with van der Waals surface area (Å²) in [4.78, 5) is 12.1. The van der Waals surface area contributed by atoms with Crippen molar-refractivity contribution in [2.45, 2.75) is 25.7 Å². The molecule has 4 heteroatoms. The fourth-order valence-electron chi connectivity index (χ4n) is 2.37. The number of carbonyl (C=O) groups excluding carboxylic acids is 1. The minimum Gasteiger partial charge on any atom is -0.496 e. The van der Waals surface area contributed by atoms with Crippen molar-refractivity contribution in [3.63, 3.8) is 0 Å². The van der Waals surface area contributed by atoms with Gasteiger partial charge >= 0.3 is 0 Å². The lowest BCUT2D eigenvalue weighted by molar-refractivity contribution is 0.0963. The van der Waals surface area contributed by atoms with Gasteiger partial charge in [0.15, 0.2) is 5.78 Å². The molecule has 0 bridgehead atoms. The van der Waals surface area contributed by atoms with Gasteiger partial charge in [-0.05, 0) is 34.3 Å². The summed E-state index contributed by atoms with van der Waals surface area (Å²) in [6.07, 6.45) is 1.44. The molecule has 0 aliphatic heterocycles. The largest absolute Gasteiger partial charge is 0.496 e. The number of methoxy groups -OCH3 is 2. The normalized spacial score (nSPS) is 18.8. The molecule has 2 rings (SSSR count). The van der Waals surface area contributed by atoms with E-state index in [1.807, 2.05) is 6.07 Å². The first-order chi connectivity index (χ1) is 8.10. The number of benzene rings is 1. The lowest BCUT2D eigenvalue weighted by Crippen LogP contribution is -2.16. The third kappa shape index (κ3) is 1.95. The Morgan fingerprint density at radius 3 is 2.65 bits per heavy atom. The maximum Gasteiger partial charge on any atom is 0.167 e. The fraction of sp³-hybridized carbons (Fsp3) is 0.462. The van der Waals surface area contributed by atoms with Crippen molar-refractivity contribution in [3.8, 4) is 11.5 Å². The Balaban J connectivity index is 2.76. The maximum absolute atomic E-state index is 12.1. The molecule has 3 nitrogen and oxygen atoms in total. The van der Waals surface area contributed by atoms with E-state index in [0.717, 1.165) is 22.2 Å². The van der Waals surface area contributed by atoms with Crippen LogP contribution in [0.2, 0.25) is 0 Å². The Kier molecular flexibility index (Phi) is 3.43. The number of ether oxygens (including phenoxy) is 2. The maximum atomic E-state index is 12.1. The molecule has 0 amide bonds. The van der Waals surface area contributed by atoms with Crippen LogP contribution >= 0.6 is 15.9 Å². The van der Waals surface area contributed by atoms with E-state index in [-0.39, 0.29) is 5.78 Å². The molecule has 0 fully saturated rings. The van der Waals surface area contributed by atoms with E-state index in [0.29, 0.717) is 23.7 Å². The number of hydrogen-bond acceptors (Lipinski definition) is 3. The van der Waals surface area contributed by atoms with Crippen LogP contribution in [0.1, 0.15) is 41.6 Å². The predicted octanol–water partition coefficient (Wildman–Crippen LogP) is 3.55. The number of Topliss-reactive ketones (excluding diaryl/α,β-unsaturated/α-hetero) is 1. The second-order valence-electron chi connectivity index (χ2n) is 4.25. The summed E-state index contributed by atoms with van der Waals surface area (Å²) in [5.74, 6) is 1.83. The summed E-state index contributed by atoms with van der Waals surface area (Å²) in [5, 5.41) is 0. The van der Waals surface area contributed by atoms with Crippen molar-refractivity contribution in [1.82, 2.24) is 0 Å². The molecule has 0 spiro atoms. The molecule has 0 saturated carbocycles. The third-order valence-electron chi connectivity index (χ3n) is 3.24. The van der Waals surface area contributed by atoms with E-state index in [1.54, 1.807) is 14.2 Å². The summed E-state index contributed by atoms with van der Waals surface area (Å²) < 4.78 is 11.5. The number of carbonyl (C=O) groups is 1. The highest BCUT2D eigenvalue weighted by molar-refractivity contribution is 9.10. The lowest BCUT2D eigenvalue weighted by Gasteiger charge is -2.26. The molecule has 0 saturated heterocycles. The molecule has 0 N–H and O–H groups in total. The van der Waals surface area contributed by atoms with Crippen molar-refractivity contribution >= 4 is 21.7 Å². The van der Waals surface area contributed by atoms with Crippen molar-refractivity contribution in [2.24, 2.45) is 0 Å². The zero-order valence-electron chi connectivity index (χ0n) is 10.2. The summed E-state index contributed by atoms with van der Waals surface area (Å²) in [6.45, 7) is 2.11. The number of rotatable bonds is 2. The van der Waals surface area contributed by atoms with Gasteiger partial charge in [-0.1, -0.05) is 6.92 Å². The molecule has 1 aromatic rings. The summed E-state index contributed by atoms with van der Waals surface area (Å²) in [5.41, 5.74) is 1.65. The van der Waals surface area contributed by atoms with Gasteiger partial charge < -0.3 is 9.47 Å². The van der Waals surface area contributed by atoms with E-state index in [4.69, 9.17) is 9.47 Å². The fourth-order valence-corrected chi connectivity index (χ4v) is 2.94. The third-order valence-corrected chi connectivity index (χ3v) is 3.83. The van der Waals surface area contributed by atoms with Gasteiger partial charge in [-0.3, -0.25) is 4.79 Å². The van der Waals surface area contributed by atoms with Crippen LogP contribution in [0.5, 0.6) is 11.5 Å². The average molecular weight is 299 g/mol. The minimum atomic E-state index is 0.134. The average Bonchev–Trinajstić information content (AvgIpc) is 2.32. The van der Waals surface area contributed by atoms with Gasteiger partial charge in [0.25, 0.3) is 0 Å². The van der Waals surface area contributed by atoms with Gasteiger partial charge in [0.1, 0.15) is 11.5 Å². The molecule has 0 radical (unpaired) electrons. The smallest absolute Gasteiger partial charge is 0.167 e. The first kappa shape index (κ1) is 12.4. The number of halogens is 1. The summed E-state index contributed by atoms with van der Waals surface area (Å²) >= 11 is 3.42. The van der Waals surface area contributed by atoms with E-state index in [9.17, 15) is 4.79 Å². The summed E-state index contributed by atoms with van der Waals surface area (Å²) in [6, 6.07) is 1.87. The highest BCUT2D eigenvalue weighted by Gasteiger charge is 2.30. The molecule has 1 atom stereocenters. The van der Waals surface area contributed by atoms with Crippen molar-refractivity contribution in [1.29, 1.82) is 0 Å². The lowest BCUT2D eigenvalue weighted by atomic mass is 9.82. The van der Waals surface area contributed by atoms with Crippen LogP contribution in [0.15, 0.2) is 10.5 Å². The van der Waals surface area contributed by atoms with Crippen LogP contribution in [-0.4, -0.2) is 20.0 Å². The molecule has 1 aliphatic carbocycles. The van der Waals surface area contributed by atoms with Crippen LogP contribution in [0.25, 0.3) is 0 Å². The second-order valence-corrected chi connectivity index (χ2v) is 5.10. The van der Waals surface area contributed by atoms with Crippen molar-refractivity contribution < 1.29 is 14.3 Å². The Hall–Kier alpha value is -1.03. The first-order valence-electron chi connectivity index (χ1n) is 5.57. The van der Waals surface area contributed by atoms with Crippen LogP contribution in [-0.2, 0) is 0 Å². The quantitative estimate of drug-likeness (QED) is 0.838. The van der Waals surface area contributed by atoms with Crippen LogP contribution in [0.4, 0.5) is 0 Å². The molecule has 1 aromatic carbocycles. The molecule has 1 unspecified atom stereocenters. The Labute approximate surface area is 109 Å². The molecule has 92 valence electrons. The number of fused-ring (bicyclic) bond motifs is 1. The van der Waals surface area contributed by atoms with Gasteiger partial charge in [-0.2, -0.15) is 0 Å². The highest BCUT2D eigenvalue weighted by Crippen LogP contribution is 2.45. The monoisotopic (exact) mass is 298 g/mol. The minimum absolute atomic E-state index is 0.134. The van der Waals surface area contributed by atoms with Gasteiger partial charge in [0.2, 0.25) is 0 Å². The molecule has 0 aromatic heterocycles. The second kappa shape index (κ2) is 4.69. The van der Waals surface area contributed by atoms with E-state index >= 15 is 0 Å². The van der Waals surface area contributed by atoms with Gasteiger partial charge in [0.05, 0.1) is 24.3 Å². The van der Waals surface area contributed by atoms with E-state index in [2.05, 4.69) is 22.9 Å². The summed E-state index contributed by atoms with van der Waals surface area (Å²) in [7, 11) is 3.21. The van der Waals surface area contributed by atoms with Crippen molar-refractivity contribution in [2.75, 3.05) is 14.2 Å². The zero-order valence-corrected chi connectivity index (χ0v) is 11.8. The predicted molar refractivity (Wildman–Crippen MR) is 69.2 cm³/mol. The van der Waals surface area contributed by atoms with Crippen LogP contribution in [0, 0.1) is 0 Å². The Bertz CT molecular complexity index is 468. The van der Waals surface area contributed by atoms with Crippen LogP contribution < -0.4 is 9.47 Å². The Morgan fingerprint density at radius 1 is 1.35 bits per heavy atom. The number of ketones is 1. The zero-order chi connectivity index (χ0) is 12.6. The molecule has 17 heavy (non-hydrogen) atoms. The molecule has 0 heterocycles. The first-order valence-corrected chi connectivity index (χ1v) is 6.37.